The van der Waals surface area contributed by atoms with E-state index in [9.17, 15) is 4.79 Å². The molecule has 120 valence electrons. The second-order valence-corrected chi connectivity index (χ2v) is 6.23. The third-order valence-corrected chi connectivity index (χ3v) is 4.76. The van der Waals surface area contributed by atoms with Gasteiger partial charge >= 0.3 is 5.97 Å². The van der Waals surface area contributed by atoms with Crippen molar-refractivity contribution < 1.29 is 13.9 Å². The summed E-state index contributed by atoms with van der Waals surface area (Å²) in [6.45, 7) is 5.70. The topological polar surface area (TPSA) is 77.2 Å². The number of anilines is 1. The van der Waals surface area contributed by atoms with Crippen molar-refractivity contribution in [3.8, 4) is 0 Å². The number of hydrogen-bond acceptors (Lipinski definition) is 7. The minimum absolute atomic E-state index is 0.0524. The van der Waals surface area contributed by atoms with Gasteiger partial charge in [-0.25, -0.2) is 14.8 Å². The normalized spacial score (nSPS) is 12.3. The highest BCUT2D eigenvalue weighted by Crippen LogP contribution is 2.35. The Morgan fingerprint density at radius 1 is 1.39 bits per heavy atom. The zero-order valence-electron chi connectivity index (χ0n) is 13.3. The molecule has 0 bridgehead atoms. The molecular formula is C16H17N3O3S. The van der Waals surface area contributed by atoms with Gasteiger partial charge in [0.2, 0.25) is 0 Å². The highest BCUT2D eigenvalue weighted by molar-refractivity contribution is 7.20. The number of aromatic nitrogens is 2. The van der Waals surface area contributed by atoms with Crippen molar-refractivity contribution in [1.82, 2.24) is 9.97 Å². The van der Waals surface area contributed by atoms with E-state index in [1.807, 2.05) is 32.9 Å². The first-order valence-electron chi connectivity index (χ1n) is 7.17. The maximum absolute atomic E-state index is 11.9. The van der Waals surface area contributed by atoms with E-state index in [1.54, 1.807) is 6.26 Å². The fourth-order valence-corrected chi connectivity index (χ4v) is 3.60. The van der Waals surface area contributed by atoms with Crippen LogP contribution >= 0.6 is 11.3 Å². The molecule has 0 saturated heterocycles. The van der Waals surface area contributed by atoms with Gasteiger partial charge in [0.1, 0.15) is 27.1 Å². The molecule has 3 rings (SSSR count). The Morgan fingerprint density at radius 3 is 2.83 bits per heavy atom. The molecule has 0 fully saturated rings. The van der Waals surface area contributed by atoms with Crippen molar-refractivity contribution in [2.75, 3.05) is 12.4 Å². The minimum Gasteiger partial charge on any atom is -0.467 e. The first-order chi connectivity index (χ1) is 11.0. The summed E-state index contributed by atoms with van der Waals surface area (Å²) in [5.41, 5.74) is 0.825. The number of nitrogens with zero attached hydrogens (tertiary/aromatic N) is 2. The second-order valence-electron chi connectivity index (χ2n) is 5.23. The average molecular weight is 331 g/mol. The molecular weight excluding hydrogens is 314 g/mol. The first kappa shape index (κ1) is 15.5. The van der Waals surface area contributed by atoms with Gasteiger partial charge < -0.3 is 14.5 Å². The molecule has 7 heteroatoms. The van der Waals surface area contributed by atoms with Crippen LogP contribution in [-0.2, 0) is 4.74 Å². The summed E-state index contributed by atoms with van der Waals surface area (Å²) in [5, 5.41) is 4.20. The average Bonchev–Trinajstić information content (AvgIpc) is 3.14. The molecule has 0 radical (unpaired) electrons. The fourth-order valence-electron chi connectivity index (χ4n) is 2.45. The van der Waals surface area contributed by atoms with Crippen LogP contribution in [-0.4, -0.2) is 23.0 Å². The zero-order valence-corrected chi connectivity index (χ0v) is 14.2. The van der Waals surface area contributed by atoms with E-state index in [0.717, 1.165) is 21.5 Å². The number of ether oxygens (including phenoxy) is 1. The monoisotopic (exact) mass is 331 g/mol. The summed E-state index contributed by atoms with van der Waals surface area (Å²) in [7, 11) is 1.38. The number of methoxy groups -OCH3 is 1. The second kappa shape index (κ2) is 6.00. The van der Waals surface area contributed by atoms with E-state index < -0.39 is 0 Å². The Hall–Kier alpha value is -2.41. The Kier molecular flexibility index (Phi) is 4.04. The number of thiophene rings is 1. The number of aryl methyl sites for hydroxylation is 2. The molecule has 0 aliphatic carbocycles. The van der Waals surface area contributed by atoms with Crippen LogP contribution in [0.2, 0.25) is 0 Å². The number of carbonyl (C=O) groups is 1. The molecule has 0 aromatic carbocycles. The molecule has 6 nitrogen and oxygen atoms in total. The Morgan fingerprint density at radius 2 is 2.17 bits per heavy atom. The molecule has 3 aromatic rings. The van der Waals surface area contributed by atoms with Gasteiger partial charge in [-0.05, 0) is 38.5 Å². The number of nitrogens with one attached hydrogen (secondary N) is 1. The van der Waals surface area contributed by atoms with Crippen LogP contribution in [0.1, 0.15) is 39.8 Å². The molecule has 3 heterocycles. The highest BCUT2D eigenvalue weighted by atomic mass is 32.1. The van der Waals surface area contributed by atoms with Crippen molar-refractivity contribution in [2.24, 2.45) is 0 Å². The Balaban J connectivity index is 2.09. The van der Waals surface area contributed by atoms with E-state index >= 15 is 0 Å². The van der Waals surface area contributed by atoms with Crippen LogP contribution in [0.5, 0.6) is 0 Å². The lowest BCUT2D eigenvalue weighted by Gasteiger charge is -2.13. The minimum atomic E-state index is -0.354. The summed E-state index contributed by atoms with van der Waals surface area (Å²) in [6, 6.07) is 3.70. The lowest BCUT2D eigenvalue weighted by molar-refractivity contribution is 0.0605. The van der Waals surface area contributed by atoms with Crippen LogP contribution in [0.25, 0.3) is 10.2 Å². The first-order valence-corrected chi connectivity index (χ1v) is 7.99. The van der Waals surface area contributed by atoms with Gasteiger partial charge in [-0.15, -0.1) is 11.3 Å². The smallest absolute Gasteiger partial charge is 0.348 e. The number of carbonyl (C=O) groups excluding carboxylic acids is 1. The van der Waals surface area contributed by atoms with Gasteiger partial charge in [0, 0.05) is 0 Å². The highest BCUT2D eigenvalue weighted by Gasteiger charge is 2.21. The van der Waals surface area contributed by atoms with Crippen molar-refractivity contribution in [2.45, 2.75) is 26.8 Å². The van der Waals surface area contributed by atoms with Crippen molar-refractivity contribution in [1.29, 1.82) is 0 Å². The van der Waals surface area contributed by atoms with E-state index in [1.165, 1.54) is 18.4 Å². The van der Waals surface area contributed by atoms with Crippen LogP contribution in [0.4, 0.5) is 5.82 Å². The number of hydrogen-bond donors (Lipinski definition) is 1. The van der Waals surface area contributed by atoms with E-state index in [2.05, 4.69) is 15.3 Å². The predicted molar refractivity (Wildman–Crippen MR) is 89.0 cm³/mol. The van der Waals surface area contributed by atoms with Crippen molar-refractivity contribution >= 4 is 33.3 Å². The zero-order chi connectivity index (χ0) is 16.6. The Labute approximate surface area is 137 Å². The summed E-state index contributed by atoms with van der Waals surface area (Å²) < 4.78 is 10.3. The van der Waals surface area contributed by atoms with E-state index in [-0.39, 0.29) is 12.0 Å². The largest absolute Gasteiger partial charge is 0.467 e. The van der Waals surface area contributed by atoms with Crippen molar-refractivity contribution in [3.63, 3.8) is 0 Å². The van der Waals surface area contributed by atoms with Gasteiger partial charge in [0.25, 0.3) is 0 Å². The number of rotatable bonds is 4. The molecule has 0 unspecified atom stereocenters. The lowest BCUT2D eigenvalue weighted by atomic mass is 10.2. The fraction of sp³-hybridized carbons (Fsp3) is 0.312. The van der Waals surface area contributed by atoms with Gasteiger partial charge in [0.05, 0.1) is 24.8 Å². The van der Waals surface area contributed by atoms with Crippen LogP contribution in [0.3, 0.4) is 0 Å². The lowest BCUT2D eigenvalue weighted by Crippen LogP contribution is -2.09. The summed E-state index contributed by atoms with van der Waals surface area (Å²) in [4.78, 5) is 22.2. The number of furan rings is 1. The number of esters is 1. The molecule has 1 N–H and O–H groups in total. The summed E-state index contributed by atoms with van der Waals surface area (Å²) >= 11 is 1.32. The molecule has 0 saturated carbocycles. The summed E-state index contributed by atoms with van der Waals surface area (Å²) in [6.07, 6.45) is 1.64. The molecule has 0 aliphatic rings. The van der Waals surface area contributed by atoms with Crippen molar-refractivity contribution in [3.05, 3.63) is 40.4 Å². The summed E-state index contributed by atoms with van der Waals surface area (Å²) in [5.74, 6) is 1.80. The standard InChI is InChI=1S/C16H17N3O3S/c1-8-12-14(17-9(2)11-6-5-7-22-11)18-10(3)19-15(12)23-13(8)16(20)21-4/h5-7,9H,1-4H3,(H,17,18,19)/t9-/m1/s1. The molecule has 0 aliphatic heterocycles. The Bertz CT molecular complexity index is 855. The van der Waals surface area contributed by atoms with Gasteiger partial charge in [-0.2, -0.15) is 0 Å². The van der Waals surface area contributed by atoms with E-state index in [4.69, 9.17) is 9.15 Å². The van der Waals surface area contributed by atoms with Gasteiger partial charge in [-0.1, -0.05) is 0 Å². The molecule has 0 spiro atoms. The third-order valence-electron chi connectivity index (χ3n) is 3.60. The van der Waals surface area contributed by atoms with Gasteiger partial charge in [0.15, 0.2) is 0 Å². The molecule has 0 amide bonds. The third kappa shape index (κ3) is 2.79. The number of fused-ring (bicyclic) bond motifs is 1. The van der Waals surface area contributed by atoms with Gasteiger partial charge in [-0.3, -0.25) is 0 Å². The maximum Gasteiger partial charge on any atom is 0.348 e. The van der Waals surface area contributed by atoms with Crippen LogP contribution in [0.15, 0.2) is 22.8 Å². The SMILES string of the molecule is COC(=O)c1sc2nc(C)nc(N[C@H](C)c3ccco3)c2c1C. The molecule has 1 atom stereocenters. The maximum atomic E-state index is 11.9. The predicted octanol–water partition coefficient (Wildman–Crippen LogP) is 3.86. The van der Waals surface area contributed by atoms with Crippen LogP contribution in [0, 0.1) is 13.8 Å². The quantitative estimate of drug-likeness (QED) is 0.732. The molecule has 23 heavy (non-hydrogen) atoms. The van der Waals surface area contributed by atoms with Crippen LogP contribution < -0.4 is 5.32 Å². The van der Waals surface area contributed by atoms with E-state index in [0.29, 0.717) is 16.5 Å². The molecule has 3 aromatic heterocycles.